The lowest BCUT2D eigenvalue weighted by Crippen LogP contribution is -2.61. The summed E-state index contributed by atoms with van der Waals surface area (Å²) in [6.07, 6.45) is 2.72. The van der Waals surface area contributed by atoms with Crippen molar-refractivity contribution in [2.24, 2.45) is 23.2 Å². The van der Waals surface area contributed by atoms with Crippen molar-refractivity contribution in [1.82, 2.24) is 0 Å². The molecule has 0 amide bonds. The van der Waals surface area contributed by atoms with Crippen LogP contribution in [0.15, 0.2) is 0 Å². The zero-order chi connectivity index (χ0) is 13.1. The molecule has 5 heteroatoms. The first kappa shape index (κ1) is 12.3. The zero-order valence-electron chi connectivity index (χ0n) is 10.1. The number of carboxylic acid groups (broad SMARTS) is 1. The standard InChI is InChI=1S/C13H18F2O3/c14-13(15,11(17)18)10(16)12-4-7-1-8(5-12)3-9(2-7)6-12/h7-10,16H,1-6H2,(H,17,18)/p-1. The minimum absolute atomic E-state index is 0.392. The number of carbonyl (C=O) groups excluding carboxylic acids is 1. The van der Waals surface area contributed by atoms with E-state index in [9.17, 15) is 23.8 Å². The van der Waals surface area contributed by atoms with Crippen molar-refractivity contribution in [3.63, 3.8) is 0 Å². The highest BCUT2D eigenvalue weighted by atomic mass is 19.3. The second-order valence-electron chi connectivity index (χ2n) is 6.59. The zero-order valence-corrected chi connectivity index (χ0v) is 10.1. The third-order valence-electron chi connectivity index (χ3n) is 5.28. The summed E-state index contributed by atoms with van der Waals surface area (Å²) in [7, 11) is 0. The van der Waals surface area contributed by atoms with Gasteiger partial charge in [-0.15, -0.1) is 0 Å². The number of carbonyl (C=O) groups is 1. The van der Waals surface area contributed by atoms with Gasteiger partial charge in [0.05, 0.1) is 0 Å². The van der Waals surface area contributed by atoms with Crippen LogP contribution < -0.4 is 5.11 Å². The third kappa shape index (κ3) is 1.59. The molecule has 102 valence electrons. The molecule has 4 aliphatic rings. The number of aliphatic carboxylic acids is 1. The van der Waals surface area contributed by atoms with Crippen LogP contribution in [-0.2, 0) is 4.79 Å². The molecule has 0 saturated heterocycles. The van der Waals surface area contributed by atoms with Gasteiger partial charge in [0.2, 0.25) is 0 Å². The molecule has 4 rings (SSSR count). The average molecular weight is 259 g/mol. The van der Waals surface area contributed by atoms with Gasteiger partial charge in [-0.2, -0.15) is 8.78 Å². The number of alkyl halides is 2. The molecule has 4 bridgehead atoms. The van der Waals surface area contributed by atoms with E-state index in [0.29, 0.717) is 37.0 Å². The molecule has 0 heterocycles. The van der Waals surface area contributed by atoms with Crippen molar-refractivity contribution < 1.29 is 23.8 Å². The predicted octanol–water partition coefficient (Wildman–Crippen LogP) is 0.949. The van der Waals surface area contributed by atoms with Gasteiger partial charge in [-0.25, -0.2) is 0 Å². The van der Waals surface area contributed by atoms with E-state index >= 15 is 0 Å². The summed E-state index contributed by atoms with van der Waals surface area (Å²) < 4.78 is 27.1. The fourth-order valence-electron chi connectivity index (χ4n) is 5.01. The molecule has 4 aliphatic carbocycles. The Kier molecular flexibility index (Phi) is 2.50. The summed E-state index contributed by atoms with van der Waals surface area (Å²) in [5.41, 5.74) is -0.891. The van der Waals surface area contributed by atoms with Crippen LogP contribution in [0, 0.1) is 23.2 Å². The van der Waals surface area contributed by atoms with Gasteiger partial charge in [0, 0.05) is 5.41 Å². The Balaban J connectivity index is 1.89. The maximum absolute atomic E-state index is 13.5. The fraction of sp³-hybridized carbons (Fsp3) is 0.923. The van der Waals surface area contributed by atoms with Crippen LogP contribution in [0.3, 0.4) is 0 Å². The first-order chi connectivity index (χ1) is 8.33. The molecule has 0 spiro atoms. The molecule has 1 N–H and O–H groups in total. The molecule has 0 aromatic carbocycles. The second kappa shape index (κ2) is 3.65. The van der Waals surface area contributed by atoms with E-state index in [1.165, 1.54) is 0 Å². The quantitative estimate of drug-likeness (QED) is 0.821. The van der Waals surface area contributed by atoms with E-state index in [-0.39, 0.29) is 0 Å². The minimum atomic E-state index is -4.13. The lowest BCUT2D eigenvalue weighted by Gasteiger charge is -2.59. The Hall–Kier alpha value is -0.710. The number of carboxylic acids is 1. The highest BCUT2D eigenvalue weighted by Crippen LogP contribution is 2.62. The lowest BCUT2D eigenvalue weighted by atomic mass is 9.47. The first-order valence-corrected chi connectivity index (χ1v) is 6.61. The summed E-state index contributed by atoms with van der Waals surface area (Å²) in [4.78, 5) is 10.5. The number of aliphatic hydroxyl groups excluding tert-OH is 1. The van der Waals surface area contributed by atoms with Gasteiger partial charge in [-0.05, 0) is 56.3 Å². The lowest BCUT2D eigenvalue weighted by molar-refractivity contribution is -0.342. The van der Waals surface area contributed by atoms with Gasteiger partial charge in [0.15, 0.2) is 0 Å². The number of aliphatic hydroxyl groups is 1. The van der Waals surface area contributed by atoms with Crippen molar-refractivity contribution in [2.75, 3.05) is 0 Å². The normalized spacial score (nSPS) is 44.1. The summed E-state index contributed by atoms with van der Waals surface area (Å²) in [5.74, 6) is -5.41. The molecule has 18 heavy (non-hydrogen) atoms. The van der Waals surface area contributed by atoms with Crippen molar-refractivity contribution in [3.8, 4) is 0 Å². The summed E-state index contributed by atoms with van der Waals surface area (Å²) in [5, 5.41) is 20.5. The van der Waals surface area contributed by atoms with Gasteiger partial charge >= 0.3 is 5.92 Å². The monoisotopic (exact) mass is 259 g/mol. The maximum Gasteiger partial charge on any atom is 0.312 e. The number of halogens is 2. The van der Waals surface area contributed by atoms with Crippen molar-refractivity contribution >= 4 is 5.97 Å². The molecular formula is C13H17F2O3-. The molecule has 0 radical (unpaired) electrons. The summed E-state index contributed by atoms with van der Waals surface area (Å²) in [6.45, 7) is 0. The van der Waals surface area contributed by atoms with Crippen molar-refractivity contribution in [3.05, 3.63) is 0 Å². The second-order valence-corrected chi connectivity index (χ2v) is 6.59. The number of hydrogen-bond acceptors (Lipinski definition) is 3. The molecule has 1 atom stereocenters. The Bertz CT molecular complexity index is 345. The molecule has 1 unspecified atom stereocenters. The first-order valence-electron chi connectivity index (χ1n) is 6.61. The highest BCUT2D eigenvalue weighted by molar-refractivity contribution is 5.74. The van der Waals surface area contributed by atoms with Crippen LogP contribution in [0.2, 0.25) is 0 Å². The van der Waals surface area contributed by atoms with Gasteiger partial charge in [0.25, 0.3) is 0 Å². The van der Waals surface area contributed by atoms with E-state index in [1.54, 1.807) is 0 Å². The Morgan fingerprint density at radius 3 is 1.89 bits per heavy atom. The van der Waals surface area contributed by atoms with Gasteiger partial charge in [0.1, 0.15) is 12.1 Å². The Morgan fingerprint density at radius 1 is 1.17 bits per heavy atom. The Morgan fingerprint density at radius 2 is 1.56 bits per heavy atom. The van der Waals surface area contributed by atoms with Crippen LogP contribution in [-0.4, -0.2) is 23.1 Å². The molecule has 3 nitrogen and oxygen atoms in total. The topological polar surface area (TPSA) is 60.4 Å². The van der Waals surface area contributed by atoms with Crippen LogP contribution in [0.5, 0.6) is 0 Å². The smallest absolute Gasteiger partial charge is 0.312 e. The maximum atomic E-state index is 13.5. The van der Waals surface area contributed by atoms with E-state index < -0.39 is 23.4 Å². The fourth-order valence-corrected chi connectivity index (χ4v) is 5.01. The SMILES string of the molecule is O=C([O-])C(F)(F)C(O)C12CC3CC(CC(C3)C1)C2. The van der Waals surface area contributed by atoms with Gasteiger partial charge < -0.3 is 15.0 Å². The van der Waals surface area contributed by atoms with Crippen LogP contribution in [0.4, 0.5) is 8.78 Å². The average Bonchev–Trinajstić information content (AvgIpc) is 2.25. The van der Waals surface area contributed by atoms with Gasteiger partial charge in [-0.3, -0.25) is 0 Å². The molecule has 4 saturated carbocycles. The van der Waals surface area contributed by atoms with E-state index in [2.05, 4.69) is 0 Å². The van der Waals surface area contributed by atoms with E-state index in [0.717, 1.165) is 19.3 Å². The van der Waals surface area contributed by atoms with E-state index in [1.807, 2.05) is 0 Å². The molecule has 0 aliphatic heterocycles. The number of hydrogen-bond donors (Lipinski definition) is 1. The molecule has 0 aromatic heterocycles. The van der Waals surface area contributed by atoms with Crippen molar-refractivity contribution in [2.45, 2.75) is 50.6 Å². The van der Waals surface area contributed by atoms with Crippen LogP contribution >= 0.6 is 0 Å². The largest absolute Gasteiger partial charge is 0.544 e. The summed E-state index contributed by atoms with van der Waals surface area (Å²) >= 11 is 0. The van der Waals surface area contributed by atoms with Gasteiger partial charge in [-0.1, -0.05) is 0 Å². The predicted molar refractivity (Wildman–Crippen MR) is 56.6 cm³/mol. The summed E-state index contributed by atoms with van der Waals surface area (Å²) in [6, 6.07) is 0. The Labute approximate surface area is 104 Å². The molecule has 4 fully saturated rings. The van der Waals surface area contributed by atoms with Crippen molar-refractivity contribution in [1.29, 1.82) is 0 Å². The van der Waals surface area contributed by atoms with Crippen LogP contribution in [0.25, 0.3) is 0 Å². The van der Waals surface area contributed by atoms with Crippen LogP contribution in [0.1, 0.15) is 38.5 Å². The molecule has 0 aromatic rings. The third-order valence-corrected chi connectivity index (χ3v) is 5.28. The molecular weight excluding hydrogens is 242 g/mol. The van der Waals surface area contributed by atoms with E-state index in [4.69, 9.17) is 0 Å². The highest BCUT2D eigenvalue weighted by Gasteiger charge is 2.60. The number of rotatable bonds is 3. The minimum Gasteiger partial charge on any atom is -0.544 e.